The van der Waals surface area contributed by atoms with E-state index in [1.54, 1.807) is 18.2 Å². The second kappa shape index (κ2) is 9.15. The van der Waals surface area contributed by atoms with Gasteiger partial charge >= 0.3 is 0 Å². The van der Waals surface area contributed by atoms with E-state index in [2.05, 4.69) is 10.2 Å². The van der Waals surface area contributed by atoms with Gasteiger partial charge < -0.3 is 20.1 Å². The number of ether oxygens (including phenoxy) is 1. The van der Waals surface area contributed by atoms with Gasteiger partial charge in [0.2, 0.25) is 5.91 Å². The number of benzene rings is 2. The minimum Gasteiger partial charge on any atom is -0.491 e. The van der Waals surface area contributed by atoms with Gasteiger partial charge in [-0.05, 0) is 49.4 Å². The molecule has 2 heterocycles. The Kier molecular flexibility index (Phi) is 6.54. The van der Waals surface area contributed by atoms with E-state index < -0.39 is 5.60 Å². The third-order valence-corrected chi connectivity index (χ3v) is 6.62. The molecule has 0 bridgehead atoms. The molecule has 2 N–H and O–H groups in total. The normalized spacial score (nSPS) is 18.6. The molecule has 2 aromatic rings. The first kappa shape index (κ1) is 21.4. The van der Waals surface area contributed by atoms with Gasteiger partial charge in [-0.25, -0.2) is 0 Å². The van der Waals surface area contributed by atoms with Crippen molar-refractivity contribution in [2.75, 3.05) is 31.6 Å². The predicted molar refractivity (Wildman–Crippen MR) is 120 cm³/mol. The van der Waals surface area contributed by atoms with Crippen LogP contribution in [0.5, 0.6) is 5.75 Å². The summed E-state index contributed by atoms with van der Waals surface area (Å²) >= 11 is 12.6. The van der Waals surface area contributed by atoms with Gasteiger partial charge in [0.1, 0.15) is 5.75 Å². The number of nitrogens with zero attached hydrogens (tertiary/aromatic N) is 1. The van der Waals surface area contributed by atoms with E-state index in [1.165, 1.54) is 0 Å². The third kappa shape index (κ3) is 4.59. The van der Waals surface area contributed by atoms with Crippen molar-refractivity contribution < 1.29 is 14.6 Å². The summed E-state index contributed by atoms with van der Waals surface area (Å²) in [5.74, 6) is 0.778. The monoisotopic (exact) mass is 448 g/mol. The Hall–Kier alpha value is -1.79. The highest BCUT2D eigenvalue weighted by Gasteiger charge is 2.37. The van der Waals surface area contributed by atoms with E-state index in [-0.39, 0.29) is 5.91 Å². The maximum atomic E-state index is 11.7. The van der Waals surface area contributed by atoms with Crippen molar-refractivity contribution in [1.29, 1.82) is 0 Å². The topological polar surface area (TPSA) is 61.8 Å². The van der Waals surface area contributed by atoms with Gasteiger partial charge in [0.15, 0.2) is 0 Å². The number of likely N-dealkylation sites (tertiary alicyclic amines) is 1. The minimum atomic E-state index is -0.982. The summed E-state index contributed by atoms with van der Waals surface area (Å²) in [6.45, 7) is 3.00. The van der Waals surface area contributed by atoms with E-state index >= 15 is 0 Å². The van der Waals surface area contributed by atoms with Crippen molar-refractivity contribution in [3.05, 3.63) is 57.6 Å². The minimum absolute atomic E-state index is 0.0398. The van der Waals surface area contributed by atoms with Crippen LogP contribution in [0.4, 0.5) is 5.69 Å². The number of hydrogen-bond donors (Lipinski definition) is 2. The Morgan fingerprint density at radius 1 is 1.07 bits per heavy atom. The molecule has 0 aliphatic carbocycles. The van der Waals surface area contributed by atoms with Crippen molar-refractivity contribution in [1.82, 2.24) is 4.90 Å². The van der Waals surface area contributed by atoms with Gasteiger partial charge in [-0.3, -0.25) is 4.79 Å². The fraction of sp³-hybridized carbons (Fsp3) is 0.435. The zero-order chi connectivity index (χ0) is 21.1. The van der Waals surface area contributed by atoms with Crippen LogP contribution in [0.3, 0.4) is 0 Å². The molecule has 2 aliphatic heterocycles. The van der Waals surface area contributed by atoms with Gasteiger partial charge in [0, 0.05) is 41.7 Å². The summed E-state index contributed by atoms with van der Waals surface area (Å²) in [5, 5.41) is 15.1. The molecule has 0 saturated carbocycles. The average Bonchev–Trinajstić information content (AvgIpc) is 2.72. The first-order valence-electron chi connectivity index (χ1n) is 10.4. The van der Waals surface area contributed by atoms with E-state index in [0.29, 0.717) is 41.5 Å². The average molecular weight is 449 g/mol. The fourth-order valence-electron chi connectivity index (χ4n) is 4.31. The summed E-state index contributed by atoms with van der Waals surface area (Å²) in [6.07, 6.45) is 3.33. The molecule has 7 heteroatoms. The van der Waals surface area contributed by atoms with Crippen LogP contribution in [0.1, 0.15) is 36.8 Å². The maximum Gasteiger partial charge on any atom is 0.224 e. The van der Waals surface area contributed by atoms with E-state index in [4.69, 9.17) is 27.9 Å². The van der Waals surface area contributed by atoms with Crippen LogP contribution in [0.2, 0.25) is 10.0 Å². The number of carbonyl (C=O) groups is 1. The summed E-state index contributed by atoms with van der Waals surface area (Å²) in [5.41, 5.74) is 1.60. The first-order chi connectivity index (χ1) is 14.5. The highest BCUT2D eigenvalue weighted by Crippen LogP contribution is 2.40. The number of halogens is 2. The molecule has 2 aliphatic rings. The van der Waals surface area contributed by atoms with Crippen LogP contribution in [0, 0.1) is 0 Å². The molecule has 0 spiro atoms. The molecule has 30 heavy (non-hydrogen) atoms. The number of rotatable bonds is 6. The number of nitrogens with one attached hydrogen (secondary N) is 1. The molecular formula is C23H26Cl2N2O3. The molecule has 160 valence electrons. The number of para-hydroxylation sites is 1. The highest BCUT2D eigenvalue weighted by atomic mass is 35.5. The van der Waals surface area contributed by atoms with Crippen molar-refractivity contribution >= 4 is 34.8 Å². The maximum absolute atomic E-state index is 11.7. The molecule has 2 aromatic carbocycles. The SMILES string of the molecule is O=C1CCc2cccc(OCCCN3CCC(O)(c4c(Cl)cccc4Cl)CC3)c2N1. The molecule has 1 fully saturated rings. The zero-order valence-electron chi connectivity index (χ0n) is 16.8. The van der Waals surface area contributed by atoms with Gasteiger partial charge in [0.05, 0.1) is 17.9 Å². The number of piperidine rings is 1. The molecule has 0 atom stereocenters. The predicted octanol–water partition coefficient (Wildman–Crippen LogP) is 4.63. The molecule has 4 rings (SSSR count). The molecular weight excluding hydrogens is 423 g/mol. The molecule has 1 saturated heterocycles. The van der Waals surface area contributed by atoms with Gasteiger partial charge in [-0.1, -0.05) is 41.4 Å². The Bertz CT molecular complexity index is 906. The summed E-state index contributed by atoms with van der Waals surface area (Å²) in [4.78, 5) is 14.0. The van der Waals surface area contributed by atoms with Gasteiger partial charge in [0.25, 0.3) is 0 Å². The van der Waals surface area contributed by atoms with Crippen molar-refractivity contribution in [3.8, 4) is 5.75 Å². The number of aliphatic hydroxyl groups is 1. The van der Waals surface area contributed by atoms with Crippen LogP contribution < -0.4 is 10.1 Å². The van der Waals surface area contributed by atoms with Crippen molar-refractivity contribution in [2.24, 2.45) is 0 Å². The lowest BCUT2D eigenvalue weighted by atomic mass is 9.84. The number of hydrogen-bond acceptors (Lipinski definition) is 4. The third-order valence-electron chi connectivity index (χ3n) is 5.99. The fourth-order valence-corrected chi connectivity index (χ4v) is 5.06. The second-order valence-corrected chi connectivity index (χ2v) is 8.82. The Morgan fingerprint density at radius 2 is 1.77 bits per heavy atom. The molecule has 0 aromatic heterocycles. The smallest absolute Gasteiger partial charge is 0.224 e. The van der Waals surface area contributed by atoms with Crippen LogP contribution in [-0.2, 0) is 16.8 Å². The Labute approximate surface area is 186 Å². The zero-order valence-corrected chi connectivity index (χ0v) is 18.3. The second-order valence-electron chi connectivity index (χ2n) is 8.01. The van der Waals surface area contributed by atoms with Crippen LogP contribution in [0.25, 0.3) is 0 Å². The number of carbonyl (C=O) groups excluding carboxylic acids is 1. The molecule has 0 unspecified atom stereocenters. The molecule has 1 amide bonds. The Balaban J connectivity index is 1.27. The summed E-state index contributed by atoms with van der Waals surface area (Å²) in [7, 11) is 0. The number of fused-ring (bicyclic) bond motifs is 1. The molecule has 5 nitrogen and oxygen atoms in total. The highest BCUT2D eigenvalue weighted by molar-refractivity contribution is 6.36. The van der Waals surface area contributed by atoms with Gasteiger partial charge in [-0.2, -0.15) is 0 Å². The van der Waals surface area contributed by atoms with Crippen molar-refractivity contribution in [3.63, 3.8) is 0 Å². The number of amides is 1. The lowest BCUT2D eigenvalue weighted by Gasteiger charge is -2.39. The molecule has 0 radical (unpaired) electrons. The van der Waals surface area contributed by atoms with Crippen LogP contribution in [0.15, 0.2) is 36.4 Å². The standard InChI is InChI=1S/C23H26Cl2N2O3/c24-17-5-2-6-18(25)21(17)23(29)10-13-27(14-11-23)12-3-15-30-19-7-1-4-16-8-9-20(28)26-22(16)19/h1-2,4-7,29H,3,8-15H2,(H,26,28). The van der Waals surface area contributed by atoms with Gasteiger partial charge in [-0.15, -0.1) is 0 Å². The number of anilines is 1. The largest absolute Gasteiger partial charge is 0.491 e. The van der Waals surface area contributed by atoms with Crippen molar-refractivity contribution in [2.45, 2.75) is 37.7 Å². The van der Waals surface area contributed by atoms with Crippen LogP contribution >= 0.6 is 23.2 Å². The number of aryl methyl sites for hydroxylation is 1. The lowest BCUT2D eigenvalue weighted by Crippen LogP contribution is -2.43. The lowest BCUT2D eigenvalue weighted by molar-refractivity contribution is -0.116. The van der Waals surface area contributed by atoms with E-state index in [0.717, 1.165) is 49.5 Å². The van der Waals surface area contributed by atoms with Crippen LogP contribution in [-0.4, -0.2) is 42.2 Å². The summed E-state index contributed by atoms with van der Waals surface area (Å²) in [6, 6.07) is 11.2. The quantitative estimate of drug-likeness (QED) is 0.632. The Morgan fingerprint density at radius 3 is 2.50 bits per heavy atom. The van der Waals surface area contributed by atoms with E-state index in [1.807, 2.05) is 18.2 Å². The first-order valence-corrected chi connectivity index (χ1v) is 11.2. The van der Waals surface area contributed by atoms with E-state index in [9.17, 15) is 9.90 Å². The summed E-state index contributed by atoms with van der Waals surface area (Å²) < 4.78 is 5.96.